The number of pyridine rings is 1. The van der Waals surface area contributed by atoms with Crippen LogP contribution in [0.15, 0.2) is 12.5 Å². The molecule has 0 spiro atoms. The van der Waals surface area contributed by atoms with E-state index in [1.165, 1.54) is 56.6 Å². The number of Topliss-reactive ketones (excluding diaryl/α,β-unsaturated/α-hetero) is 1. The van der Waals surface area contributed by atoms with Gasteiger partial charge < -0.3 is 4.98 Å². The first-order valence-corrected chi connectivity index (χ1v) is 13.2. The molecule has 1 aliphatic heterocycles. The Bertz CT molecular complexity index is 1450. The van der Waals surface area contributed by atoms with E-state index in [0.29, 0.717) is 30.3 Å². The third-order valence-corrected chi connectivity index (χ3v) is 9.69. The lowest BCUT2D eigenvalue weighted by molar-refractivity contribution is -0.118. The molecule has 0 aromatic carbocycles. The first-order chi connectivity index (χ1) is 16.2. The van der Waals surface area contributed by atoms with Crippen molar-refractivity contribution in [3.8, 4) is 11.3 Å². The van der Waals surface area contributed by atoms with Gasteiger partial charge in [-0.05, 0) is 80.5 Å². The Morgan fingerprint density at radius 1 is 1.24 bits per heavy atom. The number of ketones is 1. The first-order valence-electron chi connectivity index (χ1n) is 12.4. The van der Waals surface area contributed by atoms with Crippen molar-refractivity contribution in [2.45, 2.75) is 72.3 Å². The zero-order chi connectivity index (χ0) is 23.9. The highest BCUT2D eigenvalue weighted by molar-refractivity contribution is 7.19. The number of nitrogens with zero attached hydrogens (tertiary/aromatic N) is 4. The number of aromatic amines is 1. The fourth-order valence-electron chi connectivity index (χ4n) is 6.69. The molecule has 1 aliphatic carbocycles. The summed E-state index contributed by atoms with van der Waals surface area (Å²) in [6.07, 6.45) is 6.18. The average molecular weight is 478 g/mol. The summed E-state index contributed by atoms with van der Waals surface area (Å²) in [7, 11) is 0. The van der Waals surface area contributed by atoms with Gasteiger partial charge in [0.2, 0.25) is 0 Å². The number of likely N-dealkylation sites (tertiary alicyclic amines) is 1. The fourth-order valence-corrected chi connectivity index (χ4v) is 8.13. The second-order valence-electron chi connectivity index (χ2n) is 10.8. The van der Waals surface area contributed by atoms with Crippen molar-refractivity contribution in [1.29, 1.82) is 0 Å². The van der Waals surface area contributed by atoms with Crippen LogP contribution >= 0.6 is 11.3 Å². The van der Waals surface area contributed by atoms with Crippen LogP contribution in [0.5, 0.6) is 0 Å². The summed E-state index contributed by atoms with van der Waals surface area (Å²) in [5.41, 5.74) is 8.67. The Morgan fingerprint density at radius 2 is 2.03 bits per heavy atom. The van der Waals surface area contributed by atoms with Crippen molar-refractivity contribution in [3.63, 3.8) is 0 Å². The van der Waals surface area contributed by atoms with Crippen molar-refractivity contribution in [1.82, 2.24) is 24.5 Å². The number of fused-ring (bicyclic) bond motifs is 4. The molecule has 6 nitrogen and oxygen atoms in total. The van der Waals surface area contributed by atoms with Crippen LogP contribution in [0.3, 0.4) is 0 Å². The third-order valence-electron chi connectivity index (χ3n) is 8.35. The van der Waals surface area contributed by atoms with Crippen LogP contribution in [-0.2, 0) is 4.79 Å². The SMILES string of the molecule is CC(=O)CN1C[C@@H]2CC1C[C@H]2c1sc2[nH]c(-c3cn4ncnc4c(C)c3C)c(C(C)C)c2c1C.[HH]. The van der Waals surface area contributed by atoms with Gasteiger partial charge >= 0.3 is 0 Å². The molecular weight excluding hydrogens is 442 g/mol. The predicted molar refractivity (Wildman–Crippen MR) is 140 cm³/mol. The van der Waals surface area contributed by atoms with Gasteiger partial charge in [-0.1, -0.05) is 13.8 Å². The smallest absolute Gasteiger partial charge is 0.158 e. The molecule has 2 fully saturated rings. The topological polar surface area (TPSA) is 66.3 Å². The summed E-state index contributed by atoms with van der Waals surface area (Å²) in [6.45, 7) is 14.7. The van der Waals surface area contributed by atoms with Crippen LogP contribution in [0.2, 0.25) is 0 Å². The van der Waals surface area contributed by atoms with E-state index in [-0.39, 0.29) is 7.21 Å². The van der Waals surface area contributed by atoms with E-state index in [0.717, 1.165) is 12.2 Å². The summed E-state index contributed by atoms with van der Waals surface area (Å²) in [6, 6.07) is 0.568. The minimum atomic E-state index is 0. The van der Waals surface area contributed by atoms with Crippen LogP contribution in [-0.4, -0.2) is 49.4 Å². The largest absolute Gasteiger partial charge is 0.346 e. The standard InChI is InChI=1S/C27H33N5OS.H2/c1-13(2)22-23-17(6)25(20-8-19-7-18(20)10-31(19)9-14(3)33)34-27(23)30-24(22)21-11-32-26(28-12-29-32)16(5)15(21)4;/h11-13,18-20,30H,7-10H2,1-6H3;1H/t18-,19?,20+;/m0./s1. The van der Waals surface area contributed by atoms with Crippen molar-refractivity contribution >= 4 is 33.0 Å². The lowest BCUT2D eigenvalue weighted by atomic mass is 9.88. The highest BCUT2D eigenvalue weighted by atomic mass is 32.1. The molecule has 180 valence electrons. The van der Waals surface area contributed by atoms with E-state index in [1.54, 1.807) is 18.1 Å². The number of hydrogen-bond acceptors (Lipinski definition) is 5. The molecule has 5 heterocycles. The number of carbonyl (C=O) groups excluding carboxylic acids is 1. The minimum absolute atomic E-state index is 0. The Labute approximate surface area is 205 Å². The van der Waals surface area contributed by atoms with Gasteiger partial charge in [-0.2, -0.15) is 5.10 Å². The van der Waals surface area contributed by atoms with E-state index >= 15 is 0 Å². The van der Waals surface area contributed by atoms with Crippen LogP contribution in [0.25, 0.3) is 27.1 Å². The Morgan fingerprint density at radius 3 is 2.71 bits per heavy atom. The number of aryl methyl sites for hydroxylation is 2. The highest BCUT2D eigenvalue weighted by Crippen LogP contribution is 2.53. The highest BCUT2D eigenvalue weighted by Gasteiger charge is 2.46. The zero-order valence-corrected chi connectivity index (χ0v) is 21.7. The summed E-state index contributed by atoms with van der Waals surface area (Å²) in [5, 5.41) is 5.84. The normalized spacial score (nSPS) is 22.7. The first kappa shape index (κ1) is 22.0. The van der Waals surface area contributed by atoms with Crippen LogP contribution in [0, 0.1) is 26.7 Å². The fraction of sp³-hybridized carbons (Fsp3) is 0.519. The minimum Gasteiger partial charge on any atom is -0.346 e. The summed E-state index contributed by atoms with van der Waals surface area (Å²) < 4.78 is 1.90. The maximum absolute atomic E-state index is 11.7. The van der Waals surface area contributed by atoms with Gasteiger partial charge in [0, 0.05) is 36.0 Å². The number of carbonyl (C=O) groups is 1. The number of piperidine rings is 1. The second kappa shape index (κ2) is 7.75. The molecule has 1 saturated carbocycles. The Kier molecular flexibility index (Phi) is 5.01. The molecule has 0 amide bonds. The van der Waals surface area contributed by atoms with E-state index in [4.69, 9.17) is 0 Å². The van der Waals surface area contributed by atoms with Crippen molar-refractivity contribution in [2.24, 2.45) is 5.92 Å². The monoisotopic (exact) mass is 477 g/mol. The number of rotatable bonds is 5. The summed E-state index contributed by atoms with van der Waals surface area (Å²) in [4.78, 5) is 25.2. The molecule has 2 aliphatic rings. The molecule has 4 aromatic heterocycles. The van der Waals surface area contributed by atoms with E-state index in [1.807, 2.05) is 15.9 Å². The molecule has 6 rings (SSSR count). The number of hydrogen-bond donors (Lipinski definition) is 1. The molecule has 1 N–H and O–H groups in total. The number of H-pyrrole nitrogens is 1. The van der Waals surface area contributed by atoms with Gasteiger partial charge in [0.05, 0.1) is 12.2 Å². The molecular formula is C27H35N5OS. The van der Waals surface area contributed by atoms with Crippen LogP contribution in [0.4, 0.5) is 0 Å². The average Bonchev–Trinajstić information content (AvgIpc) is 3.57. The molecule has 34 heavy (non-hydrogen) atoms. The quantitative estimate of drug-likeness (QED) is 0.383. The lowest BCUT2D eigenvalue weighted by Crippen LogP contribution is -2.37. The van der Waals surface area contributed by atoms with Crippen LogP contribution in [0.1, 0.15) is 74.0 Å². The number of aromatic nitrogens is 4. The molecule has 0 radical (unpaired) electrons. The molecule has 1 saturated heterocycles. The third kappa shape index (κ3) is 3.13. The van der Waals surface area contributed by atoms with Crippen molar-refractivity contribution < 1.29 is 6.22 Å². The number of nitrogens with one attached hydrogen (secondary N) is 1. The molecule has 3 atom stereocenters. The van der Waals surface area contributed by atoms with Gasteiger partial charge in [-0.15, -0.1) is 11.3 Å². The van der Waals surface area contributed by atoms with E-state index in [2.05, 4.69) is 60.8 Å². The van der Waals surface area contributed by atoms with E-state index in [9.17, 15) is 4.79 Å². The predicted octanol–water partition coefficient (Wildman–Crippen LogP) is 6.00. The molecule has 1 unspecified atom stereocenters. The summed E-state index contributed by atoms with van der Waals surface area (Å²) >= 11 is 1.96. The van der Waals surface area contributed by atoms with Gasteiger partial charge in [0.25, 0.3) is 0 Å². The lowest BCUT2D eigenvalue weighted by Gasteiger charge is -2.30. The Balaban J connectivity index is 0.00000253. The molecule has 7 heteroatoms. The molecule has 2 bridgehead atoms. The maximum Gasteiger partial charge on any atom is 0.158 e. The molecule has 4 aromatic rings. The van der Waals surface area contributed by atoms with Crippen LogP contribution < -0.4 is 0 Å². The maximum atomic E-state index is 11.7. The van der Waals surface area contributed by atoms with Crippen molar-refractivity contribution in [3.05, 3.63) is 39.7 Å². The van der Waals surface area contributed by atoms with Crippen molar-refractivity contribution in [2.75, 3.05) is 13.1 Å². The van der Waals surface area contributed by atoms with Gasteiger partial charge in [0.15, 0.2) is 5.65 Å². The van der Waals surface area contributed by atoms with Gasteiger partial charge in [-0.25, -0.2) is 9.50 Å². The zero-order valence-electron chi connectivity index (χ0n) is 20.9. The number of thiophene rings is 1. The Hall–Kier alpha value is -2.51. The van der Waals surface area contributed by atoms with Gasteiger partial charge in [0.1, 0.15) is 16.9 Å². The second-order valence-corrected chi connectivity index (χ2v) is 11.9. The summed E-state index contributed by atoms with van der Waals surface area (Å²) in [5.74, 6) is 1.99. The van der Waals surface area contributed by atoms with E-state index < -0.39 is 0 Å². The van der Waals surface area contributed by atoms with Gasteiger partial charge in [-0.3, -0.25) is 9.69 Å².